The lowest BCUT2D eigenvalue weighted by Gasteiger charge is -2.36. The van der Waals surface area contributed by atoms with Crippen molar-refractivity contribution in [1.29, 1.82) is 0 Å². The van der Waals surface area contributed by atoms with Crippen LogP contribution in [0, 0.1) is 0 Å². The maximum absolute atomic E-state index is 12.5. The van der Waals surface area contributed by atoms with E-state index in [2.05, 4.69) is 34.4 Å². The number of piperazine rings is 1. The van der Waals surface area contributed by atoms with Gasteiger partial charge in [0.15, 0.2) is 11.7 Å². The number of amides is 1. The van der Waals surface area contributed by atoms with Gasteiger partial charge in [0, 0.05) is 45.1 Å². The normalized spacial score (nSPS) is 14.2. The number of hydrogen-bond acceptors (Lipinski definition) is 4. The fourth-order valence-electron chi connectivity index (χ4n) is 3.70. The van der Waals surface area contributed by atoms with Crippen LogP contribution in [0.25, 0.3) is 0 Å². The fraction of sp³-hybridized carbons (Fsp3) is 0.348. The summed E-state index contributed by atoms with van der Waals surface area (Å²) in [4.78, 5) is 21.4. The number of carbonyl (C=O) groups excluding carboxylic acids is 1. The van der Waals surface area contributed by atoms with Gasteiger partial charge >= 0.3 is 0 Å². The lowest BCUT2D eigenvalue weighted by atomic mass is 10.1. The maximum atomic E-state index is 12.5. The number of rotatable bonds is 6. The summed E-state index contributed by atoms with van der Waals surface area (Å²) in [6.45, 7) is 6.91. The summed E-state index contributed by atoms with van der Waals surface area (Å²) in [5, 5.41) is 7.71. The van der Waals surface area contributed by atoms with Gasteiger partial charge in [-0.15, -0.1) is 24.0 Å². The van der Waals surface area contributed by atoms with Gasteiger partial charge < -0.3 is 19.5 Å². The Morgan fingerprint density at radius 1 is 1.06 bits per heavy atom. The highest BCUT2D eigenvalue weighted by atomic mass is 127. The van der Waals surface area contributed by atoms with Crippen molar-refractivity contribution in [2.45, 2.75) is 20.0 Å². The molecule has 32 heavy (non-hydrogen) atoms. The van der Waals surface area contributed by atoms with Gasteiger partial charge in [0.2, 0.25) is 0 Å². The first-order chi connectivity index (χ1) is 15.2. The van der Waals surface area contributed by atoms with Crippen LogP contribution in [0.4, 0.5) is 0 Å². The molecule has 3 heterocycles. The van der Waals surface area contributed by atoms with Crippen LogP contribution in [0.5, 0.6) is 0 Å². The summed E-state index contributed by atoms with van der Waals surface area (Å²) in [7, 11) is 0. The van der Waals surface area contributed by atoms with Gasteiger partial charge in [-0.2, -0.15) is 5.10 Å². The molecule has 1 aliphatic rings. The number of hydrogen-bond donors (Lipinski definition) is 1. The number of aliphatic imine (C=N–C) groups is 1. The highest BCUT2D eigenvalue weighted by Crippen LogP contribution is 2.13. The van der Waals surface area contributed by atoms with Gasteiger partial charge in [-0.25, -0.2) is 4.99 Å². The minimum absolute atomic E-state index is 0. The molecule has 9 heteroatoms. The molecule has 0 bridgehead atoms. The Kier molecular flexibility index (Phi) is 8.72. The first-order valence-corrected chi connectivity index (χ1v) is 10.6. The zero-order chi connectivity index (χ0) is 21.5. The SMILES string of the molecule is CCNC(=NCc1ccccc1Cn1cccn1)N1CCN(C(=O)c2ccco2)CC1.I. The summed E-state index contributed by atoms with van der Waals surface area (Å²) in [5.74, 6) is 1.21. The molecule has 4 rings (SSSR count). The minimum Gasteiger partial charge on any atom is -0.459 e. The zero-order valence-corrected chi connectivity index (χ0v) is 20.5. The second-order valence-corrected chi connectivity index (χ2v) is 7.40. The summed E-state index contributed by atoms with van der Waals surface area (Å²) in [6, 6.07) is 13.7. The monoisotopic (exact) mass is 548 g/mol. The second kappa shape index (κ2) is 11.7. The average molecular weight is 548 g/mol. The molecular weight excluding hydrogens is 519 g/mol. The van der Waals surface area contributed by atoms with Crippen molar-refractivity contribution in [3.05, 3.63) is 78.0 Å². The van der Waals surface area contributed by atoms with Crippen molar-refractivity contribution in [3.63, 3.8) is 0 Å². The van der Waals surface area contributed by atoms with Crippen LogP contribution in [0.15, 0.2) is 70.5 Å². The Bertz CT molecular complexity index is 995. The van der Waals surface area contributed by atoms with E-state index in [1.807, 2.05) is 34.0 Å². The van der Waals surface area contributed by atoms with Crippen molar-refractivity contribution >= 4 is 35.8 Å². The van der Waals surface area contributed by atoms with E-state index < -0.39 is 0 Å². The number of halogens is 1. The van der Waals surface area contributed by atoms with Gasteiger partial charge in [0.25, 0.3) is 5.91 Å². The fourth-order valence-corrected chi connectivity index (χ4v) is 3.70. The molecule has 1 amide bonds. The molecule has 1 N–H and O–H groups in total. The third kappa shape index (κ3) is 5.90. The molecule has 2 aromatic heterocycles. The molecule has 0 spiro atoms. The van der Waals surface area contributed by atoms with Crippen LogP contribution in [0.3, 0.4) is 0 Å². The summed E-state index contributed by atoms with van der Waals surface area (Å²) >= 11 is 0. The number of guanidine groups is 1. The van der Waals surface area contributed by atoms with Gasteiger partial charge in [-0.3, -0.25) is 9.48 Å². The van der Waals surface area contributed by atoms with E-state index in [-0.39, 0.29) is 29.9 Å². The van der Waals surface area contributed by atoms with E-state index in [0.717, 1.165) is 32.1 Å². The predicted octanol–water partition coefficient (Wildman–Crippen LogP) is 3.07. The van der Waals surface area contributed by atoms with E-state index in [4.69, 9.17) is 9.41 Å². The van der Waals surface area contributed by atoms with Crippen LogP contribution in [0.2, 0.25) is 0 Å². The van der Waals surface area contributed by atoms with E-state index in [1.54, 1.807) is 18.3 Å². The summed E-state index contributed by atoms with van der Waals surface area (Å²) in [5.41, 5.74) is 2.39. The lowest BCUT2D eigenvalue weighted by molar-refractivity contribution is 0.0657. The quantitative estimate of drug-likeness (QED) is 0.291. The first-order valence-electron chi connectivity index (χ1n) is 10.6. The summed E-state index contributed by atoms with van der Waals surface area (Å²) in [6.07, 6.45) is 5.29. The van der Waals surface area contributed by atoms with Crippen molar-refractivity contribution in [3.8, 4) is 0 Å². The highest BCUT2D eigenvalue weighted by molar-refractivity contribution is 14.0. The average Bonchev–Trinajstić information content (AvgIpc) is 3.52. The molecule has 0 saturated carbocycles. The number of nitrogens with one attached hydrogen (secondary N) is 1. The van der Waals surface area contributed by atoms with Gasteiger partial charge in [-0.05, 0) is 36.2 Å². The third-order valence-corrected chi connectivity index (χ3v) is 5.34. The van der Waals surface area contributed by atoms with E-state index >= 15 is 0 Å². The van der Waals surface area contributed by atoms with Gasteiger partial charge in [0.1, 0.15) is 0 Å². The largest absolute Gasteiger partial charge is 0.459 e. The van der Waals surface area contributed by atoms with Crippen molar-refractivity contribution in [2.75, 3.05) is 32.7 Å². The van der Waals surface area contributed by atoms with Crippen molar-refractivity contribution in [1.82, 2.24) is 24.9 Å². The number of benzene rings is 1. The molecule has 1 saturated heterocycles. The molecule has 1 fully saturated rings. The number of carbonyl (C=O) groups is 1. The van der Waals surface area contributed by atoms with Crippen LogP contribution in [0.1, 0.15) is 28.6 Å². The van der Waals surface area contributed by atoms with Crippen LogP contribution >= 0.6 is 24.0 Å². The minimum atomic E-state index is -0.0564. The van der Waals surface area contributed by atoms with Gasteiger partial charge in [0.05, 0.1) is 19.4 Å². The topological polar surface area (TPSA) is 78.9 Å². The lowest BCUT2D eigenvalue weighted by Crippen LogP contribution is -2.53. The molecule has 8 nitrogen and oxygen atoms in total. The Morgan fingerprint density at radius 3 is 2.47 bits per heavy atom. The number of furan rings is 1. The molecule has 0 atom stereocenters. The number of aromatic nitrogens is 2. The van der Waals surface area contributed by atoms with E-state index in [0.29, 0.717) is 25.4 Å². The Labute approximate surface area is 205 Å². The Balaban J connectivity index is 0.00000289. The van der Waals surface area contributed by atoms with Gasteiger partial charge in [-0.1, -0.05) is 24.3 Å². The molecular formula is C23H29IN6O2. The zero-order valence-electron chi connectivity index (χ0n) is 18.2. The second-order valence-electron chi connectivity index (χ2n) is 7.40. The van der Waals surface area contributed by atoms with Crippen LogP contribution in [-0.2, 0) is 13.1 Å². The highest BCUT2D eigenvalue weighted by Gasteiger charge is 2.25. The Hall–Kier alpha value is -2.82. The predicted molar refractivity (Wildman–Crippen MR) is 134 cm³/mol. The Morgan fingerprint density at radius 2 is 1.81 bits per heavy atom. The smallest absolute Gasteiger partial charge is 0.289 e. The third-order valence-electron chi connectivity index (χ3n) is 5.34. The molecule has 0 radical (unpaired) electrons. The molecule has 1 aliphatic heterocycles. The molecule has 1 aromatic carbocycles. The molecule has 170 valence electrons. The molecule has 0 unspecified atom stereocenters. The first kappa shape index (κ1) is 23.8. The van der Waals surface area contributed by atoms with Crippen molar-refractivity contribution < 1.29 is 9.21 Å². The van der Waals surface area contributed by atoms with E-state index in [1.165, 1.54) is 17.4 Å². The molecule has 0 aliphatic carbocycles. The van der Waals surface area contributed by atoms with Crippen molar-refractivity contribution in [2.24, 2.45) is 4.99 Å². The standard InChI is InChI=1S/C23H28N6O2.HI/c1-2-24-23(28-14-12-27(13-15-28)22(30)21-9-5-16-31-21)25-17-19-7-3-4-8-20(19)18-29-11-6-10-26-29;/h3-11,16H,2,12-15,17-18H2,1H3,(H,24,25);1H. The number of nitrogens with zero attached hydrogens (tertiary/aromatic N) is 5. The van der Waals surface area contributed by atoms with E-state index in [9.17, 15) is 4.79 Å². The van der Waals surface area contributed by atoms with Crippen LogP contribution < -0.4 is 5.32 Å². The summed E-state index contributed by atoms with van der Waals surface area (Å²) < 4.78 is 7.17. The molecule has 3 aromatic rings. The van der Waals surface area contributed by atoms with Crippen LogP contribution in [-0.4, -0.2) is 64.2 Å². The maximum Gasteiger partial charge on any atom is 0.289 e.